The molecule has 0 unspecified atom stereocenters. The molecule has 0 bridgehead atoms. The lowest BCUT2D eigenvalue weighted by molar-refractivity contribution is 0.100. The molecule has 3 aromatic rings. The van der Waals surface area contributed by atoms with E-state index in [2.05, 4.69) is 9.98 Å². The lowest BCUT2D eigenvalue weighted by atomic mass is 10.2. The van der Waals surface area contributed by atoms with E-state index in [1.54, 1.807) is 6.26 Å². The van der Waals surface area contributed by atoms with E-state index in [1.165, 1.54) is 24.2 Å². The molecular weight excluding hydrogens is 485 g/mol. The first-order valence-electron chi connectivity index (χ1n) is 9.22. The summed E-state index contributed by atoms with van der Waals surface area (Å²) in [6.45, 7) is 1.73. The van der Waals surface area contributed by atoms with Crippen LogP contribution < -0.4 is 4.90 Å². The summed E-state index contributed by atoms with van der Waals surface area (Å²) in [7, 11) is 0. The van der Waals surface area contributed by atoms with Crippen LogP contribution in [-0.4, -0.2) is 28.1 Å². The number of phenols is 1. The molecule has 1 amide bonds. The van der Waals surface area contributed by atoms with Gasteiger partial charge < -0.3 is 5.11 Å². The fourth-order valence-electron chi connectivity index (χ4n) is 2.90. The van der Waals surface area contributed by atoms with E-state index in [0.717, 1.165) is 22.3 Å². The summed E-state index contributed by atoms with van der Waals surface area (Å²) in [5, 5.41) is 9.18. The summed E-state index contributed by atoms with van der Waals surface area (Å²) >= 11 is 2.41. The Morgan fingerprint density at radius 2 is 1.73 bits per heavy atom. The first-order chi connectivity index (χ1) is 15.6. The maximum Gasteiger partial charge on any atom is 0.275 e. The third-order valence-corrected chi connectivity index (χ3v) is 5.91. The third-order valence-electron chi connectivity index (χ3n) is 4.47. The van der Waals surface area contributed by atoms with Gasteiger partial charge in [0.15, 0.2) is 17.4 Å². The summed E-state index contributed by atoms with van der Waals surface area (Å²) in [6.07, 6.45) is 1.72. The number of halogens is 5. The van der Waals surface area contributed by atoms with Crippen LogP contribution in [0.15, 0.2) is 34.8 Å². The fourth-order valence-corrected chi connectivity index (χ4v) is 4.19. The molecule has 2 aromatic carbocycles. The smallest absolute Gasteiger partial charge is 0.275 e. The second kappa shape index (κ2) is 10.3. The number of amides is 1. The molecule has 0 saturated carbocycles. The van der Waals surface area contributed by atoms with Gasteiger partial charge in [-0.05, 0) is 13.2 Å². The van der Waals surface area contributed by atoms with Crippen LogP contribution in [0, 0.1) is 29.1 Å². The van der Waals surface area contributed by atoms with Gasteiger partial charge in [0, 0.05) is 35.6 Å². The Balaban J connectivity index is 0.000000218. The quantitative estimate of drug-likeness (QED) is 0.470. The number of aromatic hydroxyl groups is 1. The number of hydrogen-bond donors (Lipinski definition) is 1. The highest BCUT2D eigenvalue weighted by atomic mass is 32.2. The maximum absolute atomic E-state index is 14.0. The summed E-state index contributed by atoms with van der Waals surface area (Å²) in [5.41, 5.74) is 1.65. The minimum absolute atomic E-state index is 0.0658. The number of carbonyl (C=O) groups is 1. The van der Waals surface area contributed by atoms with E-state index < -0.39 is 40.7 Å². The fraction of sp³-hybridized carbons (Fsp3) is 0.190. The highest BCUT2D eigenvalue weighted by Crippen LogP contribution is 2.31. The first-order valence-corrected chi connectivity index (χ1v) is 11.5. The van der Waals surface area contributed by atoms with E-state index in [-0.39, 0.29) is 29.4 Å². The van der Waals surface area contributed by atoms with Crippen molar-refractivity contribution in [1.29, 1.82) is 0 Å². The van der Waals surface area contributed by atoms with E-state index >= 15 is 0 Å². The van der Waals surface area contributed by atoms with Gasteiger partial charge in [-0.25, -0.2) is 26.9 Å². The molecule has 33 heavy (non-hydrogen) atoms. The maximum atomic E-state index is 14.0. The van der Waals surface area contributed by atoms with Crippen molar-refractivity contribution in [3.05, 3.63) is 75.0 Å². The molecule has 1 N–H and O–H groups in total. The van der Waals surface area contributed by atoms with Crippen molar-refractivity contribution in [3.8, 4) is 5.75 Å². The molecule has 12 heteroatoms. The van der Waals surface area contributed by atoms with Crippen molar-refractivity contribution < 1.29 is 31.9 Å². The molecule has 174 valence electrons. The summed E-state index contributed by atoms with van der Waals surface area (Å²) in [6, 6.07) is 2.78. The number of amidine groups is 1. The van der Waals surface area contributed by atoms with E-state index in [9.17, 15) is 31.9 Å². The predicted octanol–water partition coefficient (Wildman–Crippen LogP) is 5.67. The number of carbonyl (C=O) groups excluding carboxylic acids is 1. The number of thiazole rings is 1. The average Bonchev–Trinajstić information content (AvgIpc) is 3.18. The Kier molecular flexibility index (Phi) is 7.69. The summed E-state index contributed by atoms with van der Waals surface area (Å²) in [5.74, 6) is -5.32. The van der Waals surface area contributed by atoms with Crippen molar-refractivity contribution in [2.24, 2.45) is 4.99 Å². The predicted molar refractivity (Wildman–Crippen MR) is 117 cm³/mol. The zero-order valence-electron chi connectivity index (χ0n) is 17.2. The zero-order valence-corrected chi connectivity index (χ0v) is 18.8. The molecule has 0 radical (unpaired) electrons. The second-order valence-electron chi connectivity index (χ2n) is 6.67. The summed E-state index contributed by atoms with van der Waals surface area (Å²) < 4.78 is 65.5. The van der Waals surface area contributed by atoms with Gasteiger partial charge in [-0.15, -0.1) is 11.3 Å². The van der Waals surface area contributed by atoms with Crippen LogP contribution >= 0.6 is 23.1 Å². The van der Waals surface area contributed by atoms with Crippen molar-refractivity contribution in [2.75, 3.05) is 11.2 Å². The molecule has 5 nitrogen and oxygen atoms in total. The monoisotopic (exact) mass is 501 g/mol. The zero-order chi connectivity index (χ0) is 24.3. The molecule has 0 fully saturated rings. The number of rotatable bonds is 3. The molecule has 0 saturated heterocycles. The number of fused-ring (bicyclic) bond motifs is 1. The molecular formula is C21H16F5N3O2S2. The van der Waals surface area contributed by atoms with Gasteiger partial charge in [-0.1, -0.05) is 0 Å². The number of anilines is 1. The Morgan fingerprint density at radius 1 is 1.06 bits per heavy atom. The van der Waals surface area contributed by atoms with Crippen LogP contribution in [0.1, 0.15) is 27.9 Å². The Morgan fingerprint density at radius 3 is 2.36 bits per heavy atom. The summed E-state index contributed by atoms with van der Waals surface area (Å²) in [4.78, 5) is 22.0. The molecule has 1 aromatic heterocycles. The lowest BCUT2D eigenvalue weighted by Crippen LogP contribution is -2.35. The number of aliphatic imine (C=N–C) groups is 1. The highest BCUT2D eigenvalue weighted by molar-refractivity contribution is 7.97. The normalized spacial score (nSPS) is 13.1. The standard InChI is InChI=1S/C13H9F2N3O2S.C8H7F3S/c1-6-16-4-9-12(21-5-17-9)13(20)18(6)10-2-8(15)11(19)3-7(10)14;1-12-4-6-7(10)2-5(9)3-8(6)11/h2-3,5,19H,4H2,1H3;2-3H,4H2,1H3. The van der Waals surface area contributed by atoms with Crippen LogP contribution in [0.3, 0.4) is 0 Å². The van der Waals surface area contributed by atoms with Crippen LogP contribution in [0.25, 0.3) is 0 Å². The van der Waals surface area contributed by atoms with Crippen molar-refractivity contribution in [3.63, 3.8) is 0 Å². The molecule has 0 aliphatic carbocycles. The number of phenolic OH excluding ortho intramolecular Hbond substituents is 1. The molecule has 1 aliphatic rings. The molecule has 0 spiro atoms. The number of aromatic nitrogens is 1. The minimum Gasteiger partial charge on any atom is -0.505 e. The van der Waals surface area contributed by atoms with Gasteiger partial charge in [-0.2, -0.15) is 11.8 Å². The average molecular weight is 502 g/mol. The van der Waals surface area contributed by atoms with Crippen LogP contribution in [0.4, 0.5) is 27.6 Å². The lowest BCUT2D eigenvalue weighted by Gasteiger charge is -2.21. The minimum atomic E-state index is -1.01. The SMILES string of the molecule is CC1=NCc2ncsc2C(=O)N1c1cc(F)c(O)cc1F.CSCc1c(F)cc(F)cc1F. The van der Waals surface area contributed by atoms with E-state index in [0.29, 0.717) is 28.8 Å². The van der Waals surface area contributed by atoms with Gasteiger partial charge >= 0.3 is 0 Å². The van der Waals surface area contributed by atoms with E-state index in [1.807, 2.05) is 0 Å². The van der Waals surface area contributed by atoms with Gasteiger partial charge in [0.25, 0.3) is 5.91 Å². The molecule has 1 aliphatic heterocycles. The number of nitrogens with zero attached hydrogens (tertiary/aromatic N) is 3. The van der Waals surface area contributed by atoms with E-state index in [4.69, 9.17) is 0 Å². The Labute approximate surface area is 193 Å². The van der Waals surface area contributed by atoms with Gasteiger partial charge in [-0.3, -0.25) is 14.7 Å². The van der Waals surface area contributed by atoms with Crippen molar-refractivity contribution in [2.45, 2.75) is 19.2 Å². The van der Waals surface area contributed by atoms with Crippen molar-refractivity contribution >= 4 is 40.5 Å². The van der Waals surface area contributed by atoms with Crippen LogP contribution in [-0.2, 0) is 12.3 Å². The second-order valence-corrected chi connectivity index (χ2v) is 8.39. The van der Waals surface area contributed by atoms with Gasteiger partial charge in [0.1, 0.15) is 28.2 Å². The molecule has 0 atom stereocenters. The topological polar surface area (TPSA) is 65.8 Å². The van der Waals surface area contributed by atoms with Crippen molar-refractivity contribution in [1.82, 2.24) is 4.98 Å². The highest BCUT2D eigenvalue weighted by Gasteiger charge is 2.30. The number of hydrogen-bond acceptors (Lipinski definition) is 6. The molecule has 2 heterocycles. The van der Waals surface area contributed by atoms with Gasteiger partial charge in [0.05, 0.1) is 23.4 Å². The van der Waals surface area contributed by atoms with Crippen LogP contribution in [0.2, 0.25) is 0 Å². The third kappa shape index (κ3) is 5.33. The Bertz CT molecular complexity index is 1210. The number of benzene rings is 2. The molecule has 4 rings (SSSR count). The largest absolute Gasteiger partial charge is 0.505 e. The van der Waals surface area contributed by atoms with Gasteiger partial charge in [0.2, 0.25) is 0 Å². The first kappa shape index (κ1) is 24.6. The van der Waals surface area contributed by atoms with Crippen LogP contribution in [0.5, 0.6) is 5.75 Å². The number of thioether (sulfide) groups is 1. The Hall–Kier alpha value is -2.99.